The molecule has 0 bridgehead atoms. The number of allylic oxidation sites excluding steroid dienone is 2. The highest BCUT2D eigenvalue weighted by atomic mass is 16.5. The van der Waals surface area contributed by atoms with E-state index in [1.54, 1.807) is 24.4 Å². The van der Waals surface area contributed by atoms with Gasteiger partial charge in [-0.15, -0.1) is 0 Å². The third-order valence-corrected chi connectivity index (χ3v) is 5.45. The average molecular weight is 419 g/mol. The van der Waals surface area contributed by atoms with Crippen molar-refractivity contribution < 1.29 is 19.1 Å². The lowest BCUT2D eigenvalue weighted by atomic mass is 9.79. The predicted molar refractivity (Wildman–Crippen MR) is 118 cm³/mol. The molecule has 0 radical (unpaired) electrons. The second-order valence-electron chi connectivity index (χ2n) is 7.04. The fourth-order valence-corrected chi connectivity index (χ4v) is 3.67. The van der Waals surface area contributed by atoms with Gasteiger partial charge in [0, 0.05) is 24.6 Å². The lowest BCUT2D eigenvalue weighted by Gasteiger charge is -2.35. The van der Waals surface area contributed by atoms with Gasteiger partial charge in [-0.05, 0) is 37.6 Å². The van der Waals surface area contributed by atoms with Crippen molar-refractivity contribution in [2.45, 2.75) is 19.8 Å². The molecule has 160 valence electrons. The van der Waals surface area contributed by atoms with Gasteiger partial charge >= 0.3 is 11.9 Å². The molecule has 31 heavy (non-hydrogen) atoms. The summed E-state index contributed by atoms with van der Waals surface area (Å²) in [5.41, 5.74) is 4.15. The predicted octanol–water partition coefficient (Wildman–Crippen LogP) is 3.76. The van der Waals surface area contributed by atoms with E-state index in [2.05, 4.69) is 9.98 Å². The minimum absolute atomic E-state index is 0.372. The van der Waals surface area contributed by atoms with E-state index in [1.165, 1.54) is 14.2 Å². The second kappa shape index (κ2) is 9.38. The molecule has 1 aromatic heterocycles. The fourth-order valence-electron chi connectivity index (χ4n) is 3.67. The number of hydrogen-bond donors (Lipinski definition) is 0. The summed E-state index contributed by atoms with van der Waals surface area (Å²) >= 11 is 0. The molecule has 2 aromatic rings. The van der Waals surface area contributed by atoms with Gasteiger partial charge in [0.2, 0.25) is 0 Å². The Morgan fingerprint density at radius 2 is 1.55 bits per heavy atom. The maximum absolute atomic E-state index is 12.8. The Balaban J connectivity index is 2.23. The summed E-state index contributed by atoms with van der Waals surface area (Å²) in [6.45, 7) is 3.66. The van der Waals surface area contributed by atoms with Crippen molar-refractivity contribution in [1.29, 1.82) is 0 Å². The Labute approximate surface area is 181 Å². The largest absolute Gasteiger partial charge is 0.466 e. The molecule has 0 atom stereocenters. The molecule has 2 heterocycles. The quantitative estimate of drug-likeness (QED) is 0.542. The number of nitrogens with zero attached hydrogens (tertiary/aromatic N) is 3. The molecular weight excluding hydrogens is 394 g/mol. The van der Waals surface area contributed by atoms with Crippen LogP contribution in [0, 0.1) is 0 Å². The van der Waals surface area contributed by atoms with Gasteiger partial charge in [0.15, 0.2) is 0 Å². The number of carbonyl (C=O) groups excluding carboxylic acids is 2. The summed E-state index contributed by atoms with van der Waals surface area (Å²) < 4.78 is 10.2. The van der Waals surface area contributed by atoms with E-state index < -0.39 is 17.9 Å². The normalized spacial score (nSPS) is 14.9. The Bertz CT molecular complexity index is 1050. The first-order chi connectivity index (χ1) is 14.9. The highest BCUT2D eigenvalue weighted by Gasteiger charge is 2.40. The number of esters is 2. The van der Waals surface area contributed by atoms with Gasteiger partial charge in [-0.3, -0.25) is 9.98 Å². The monoisotopic (exact) mass is 419 g/mol. The van der Waals surface area contributed by atoms with Crippen LogP contribution < -0.4 is 0 Å². The van der Waals surface area contributed by atoms with Gasteiger partial charge in [-0.25, -0.2) is 9.59 Å². The van der Waals surface area contributed by atoms with Crippen LogP contribution in [0.1, 0.15) is 31.0 Å². The first kappa shape index (κ1) is 22.0. The average Bonchev–Trinajstić information content (AvgIpc) is 2.81. The Hall–Kier alpha value is -3.74. The van der Waals surface area contributed by atoms with E-state index >= 15 is 0 Å². The van der Waals surface area contributed by atoms with Crippen LogP contribution in [0.3, 0.4) is 0 Å². The molecular formula is C24H25N3O4. The number of pyridine rings is 1. The second-order valence-corrected chi connectivity index (χ2v) is 7.04. The Kier molecular flexibility index (Phi) is 6.65. The number of benzene rings is 1. The van der Waals surface area contributed by atoms with E-state index in [4.69, 9.17) is 9.47 Å². The maximum Gasteiger partial charge on any atom is 0.336 e. The van der Waals surface area contributed by atoms with E-state index in [0.29, 0.717) is 39.5 Å². The first-order valence-electron chi connectivity index (χ1n) is 9.76. The molecule has 1 aliphatic heterocycles. The fraction of sp³-hybridized carbons (Fsp3) is 0.250. The van der Waals surface area contributed by atoms with Crippen molar-refractivity contribution in [3.05, 3.63) is 82.5 Å². The number of rotatable bonds is 5. The maximum atomic E-state index is 12.8. The zero-order valence-corrected chi connectivity index (χ0v) is 18.2. The number of para-hydroxylation sites is 1. The van der Waals surface area contributed by atoms with Gasteiger partial charge < -0.3 is 14.4 Å². The zero-order chi connectivity index (χ0) is 22.5. The number of aliphatic imine (C=N–C) groups is 1. The van der Waals surface area contributed by atoms with Crippen LogP contribution in [0.25, 0.3) is 0 Å². The van der Waals surface area contributed by atoms with Crippen LogP contribution in [-0.4, -0.2) is 49.3 Å². The zero-order valence-electron chi connectivity index (χ0n) is 18.2. The molecule has 0 saturated heterocycles. The topological polar surface area (TPSA) is 81.1 Å². The summed E-state index contributed by atoms with van der Waals surface area (Å²) in [6, 6.07) is 12.9. The number of methoxy groups -OCH3 is 2. The minimum Gasteiger partial charge on any atom is -0.466 e. The molecule has 3 rings (SSSR count). The smallest absolute Gasteiger partial charge is 0.336 e. The van der Waals surface area contributed by atoms with E-state index in [-0.39, 0.29) is 0 Å². The summed E-state index contributed by atoms with van der Waals surface area (Å²) in [4.78, 5) is 36.3. The van der Waals surface area contributed by atoms with Gasteiger partial charge in [0.05, 0.1) is 48.9 Å². The minimum atomic E-state index is -0.687. The van der Waals surface area contributed by atoms with Crippen LogP contribution in [0.2, 0.25) is 0 Å². The molecule has 0 spiro atoms. The first-order valence-corrected chi connectivity index (χ1v) is 9.76. The third-order valence-electron chi connectivity index (χ3n) is 5.45. The van der Waals surface area contributed by atoms with Crippen LogP contribution in [0.5, 0.6) is 0 Å². The highest BCUT2D eigenvalue weighted by molar-refractivity contribution is 6.00. The number of hydrogen-bond acceptors (Lipinski definition) is 7. The molecule has 0 N–H and O–H groups in total. The van der Waals surface area contributed by atoms with E-state index in [0.717, 1.165) is 0 Å². The summed E-state index contributed by atoms with van der Waals surface area (Å²) in [7, 11) is 4.46. The summed E-state index contributed by atoms with van der Waals surface area (Å²) in [5.74, 6) is -1.70. The molecule has 0 unspecified atom stereocenters. The molecule has 1 aromatic carbocycles. The van der Waals surface area contributed by atoms with Crippen molar-refractivity contribution in [3.63, 3.8) is 0 Å². The van der Waals surface area contributed by atoms with Crippen molar-refractivity contribution >= 4 is 23.8 Å². The van der Waals surface area contributed by atoms with Crippen LogP contribution in [0.4, 0.5) is 5.69 Å². The lowest BCUT2D eigenvalue weighted by molar-refractivity contribution is -0.137. The molecule has 7 heteroatoms. The number of carbonyl (C=O) groups is 2. The molecule has 0 aliphatic carbocycles. The number of ether oxygens (including phenoxy) is 2. The van der Waals surface area contributed by atoms with E-state index in [1.807, 2.05) is 56.3 Å². The van der Waals surface area contributed by atoms with Gasteiger partial charge in [0.1, 0.15) is 0 Å². The number of aromatic nitrogens is 1. The lowest BCUT2D eigenvalue weighted by Crippen LogP contribution is -2.33. The van der Waals surface area contributed by atoms with E-state index in [9.17, 15) is 9.59 Å². The van der Waals surface area contributed by atoms with Crippen molar-refractivity contribution in [2.75, 3.05) is 21.3 Å². The Morgan fingerprint density at radius 3 is 2.10 bits per heavy atom. The van der Waals surface area contributed by atoms with Crippen molar-refractivity contribution in [1.82, 2.24) is 9.88 Å². The van der Waals surface area contributed by atoms with Gasteiger partial charge in [0.25, 0.3) is 0 Å². The third kappa shape index (κ3) is 4.26. The molecule has 1 aliphatic rings. The standard InChI is InChI=1S/C24H25N3O4/c1-15-20(23(28)30-4)22(21(24(29)31-5)16(2)27(15)3)18-11-6-7-12-19(18)26-14-17-10-8-9-13-25-17/h6-14,22H,1-5H3. The van der Waals surface area contributed by atoms with Crippen LogP contribution >= 0.6 is 0 Å². The summed E-state index contributed by atoms with van der Waals surface area (Å²) in [6.07, 6.45) is 3.34. The van der Waals surface area contributed by atoms with Crippen molar-refractivity contribution in [2.24, 2.45) is 4.99 Å². The van der Waals surface area contributed by atoms with Crippen LogP contribution in [-0.2, 0) is 19.1 Å². The molecule has 0 fully saturated rings. The Morgan fingerprint density at radius 1 is 0.968 bits per heavy atom. The molecule has 0 saturated carbocycles. The van der Waals surface area contributed by atoms with Gasteiger partial charge in [-0.2, -0.15) is 0 Å². The SMILES string of the molecule is COC(=O)C1=C(C)N(C)C(C)=C(C(=O)OC)C1c1ccccc1N=Cc1ccccn1. The van der Waals surface area contributed by atoms with Gasteiger partial charge in [-0.1, -0.05) is 24.3 Å². The highest BCUT2D eigenvalue weighted by Crippen LogP contribution is 2.44. The van der Waals surface area contributed by atoms with Crippen molar-refractivity contribution in [3.8, 4) is 0 Å². The molecule has 0 amide bonds. The van der Waals surface area contributed by atoms with Crippen LogP contribution in [0.15, 0.2) is 76.2 Å². The molecule has 7 nitrogen and oxygen atoms in total. The summed E-state index contributed by atoms with van der Waals surface area (Å²) in [5, 5.41) is 0.